The van der Waals surface area contributed by atoms with Crippen molar-refractivity contribution in [1.29, 1.82) is 0 Å². The van der Waals surface area contributed by atoms with Crippen LogP contribution in [0, 0.1) is 5.82 Å². The lowest BCUT2D eigenvalue weighted by Gasteiger charge is -2.41. The molecule has 1 aromatic rings. The number of hydrogen-bond donors (Lipinski definition) is 0. The minimum absolute atomic E-state index is 0.113. The molecule has 0 aliphatic carbocycles. The first-order valence-electron chi connectivity index (χ1n) is 7.99. The van der Waals surface area contributed by atoms with Gasteiger partial charge >= 0.3 is 0 Å². The number of carbonyl (C=O) groups excluding carboxylic acids is 2. The molecule has 0 radical (unpaired) electrons. The van der Waals surface area contributed by atoms with Gasteiger partial charge in [0.15, 0.2) is 6.10 Å². The fraction of sp³-hybridized carbons (Fsp3) is 0.529. The molecule has 0 saturated carbocycles. The number of likely N-dealkylation sites (tertiary alicyclic amines) is 1. The standard InChI is InChI=1S/C17H21FN2O3/c1-19-14(21)11-23-16(17(22)20-8-3-2-4-9-20)15(19)12-6-5-7-13(18)10-12/h5-7,10,15-16H,2-4,8-9,11H2,1H3/t15-,16-/m1/s1. The molecular formula is C17H21FN2O3. The van der Waals surface area contributed by atoms with Crippen LogP contribution in [0.15, 0.2) is 24.3 Å². The maximum atomic E-state index is 13.6. The van der Waals surface area contributed by atoms with Crippen molar-refractivity contribution in [2.75, 3.05) is 26.7 Å². The topological polar surface area (TPSA) is 49.9 Å². The SMILES string of the molecule is CN1C(=O)CO[C@@H](C(=O)N2CCCCC2)[C@H]1c1cccc(F)c1. The van der Waals surface area contributed by atoms with Gasteiger partial charge in [0.2, 0.25) is 5.91 Å². The fourth-order valence-corrected chi connectivity index (χ4v) is 3.30. The summed E-state index contributed by atoms with van der Waals surface area (Å²) in [5.41, 5.74) is 0.580. The Morgan fingerprint density at radius 2 is 2.00 bits per heavy atom. The zero-order valence-corrected chi connectivity index (χ0v) is 13.2. The third-order valence-electron chi connectivity index (χ3n) is 4.59. The van der Waals surface area contributed by atoms with Crippen LogP contribution in [0.2, 0.25) is 0 Å². The summed E-state index contributed by atoms with van der Waals surface area (Å²) in [5, 5.41) is 0. The molecule has 2 amide bonds. The monoisotopic (exact) mass is 320 g/mol. The number of carbonyl (C=O) groups is 2. The molecule has 2 atom stereocenters. The molecule has 3 rings (SSSR count). The first kappa shape index (κ1) is 15.9. The first-order chi connectivity index (χ1) is 11.1. The zero-order chi connectivity index (χ0) is 16.4. The second kappa shape index (κ2) is 6.66. The van der Waals surface area contributed by atoms with Gasteiger partial charge in [-0.3, -0.25) is 9.59 Å². The molecule has 2 saturated heterocycles. The van der Waals surface area contributed by atoms with Crippen LogP contribution in [-0.4, -0.2) is 54.5 Å². The van der Waals surface area contributed by atoms with E-state index in [0.29, 0.717) is 18.7 Å². The van der Waals surface area contributed by atoms with Crippen LogP contribution in [0.25, 0.3) is 0 Å². The van der Waals surface area contributed by atoms with E-state index in [4.69, 9.17) is 4.74 Å². The Morgan fingerprint density at radius 3 is 2.70 bits per heavy atom. The highest BCUT2D eigenvalue weighted by Gasteiger charge is 2.42. The number of amides is 2. The molecule has 2 aliphatic heterocycles. The Bertz CT molecular complexity index is 601. The molecule has 6 heteroatoms. The molecule has 0 spiro atoms. The first-order valence-corrected chi connectivity index (χ1v) is 7.99. The molecule has 124 valence electrons. The number of piperidine rings is 1. The van der Waals surface area contributed by atoms with Gasteiger partial charge in [0.05, 0.1) is 6.04 Å². The number of morpholine rings is 1. The fourth-order valence-electron chi connectivity index (χ4n) is 3.30. The van der Waals surface area contributed by atoms with Crippen molar-refractivity contribution < 1.29 is 18.7 Å². The molecule has 0 bridgehead atoms. The molecule has 2 fully saturated rings. The van der Waals surface area contributed by atoms with Crippen LogP contribution in [-0.2, 0) is 14.3 Å². The van der Waals surface area contributed by atoms with Gasteiger partial charge in [0.1, 0.15) is 12.4 Å². The van der Waals surface area contributed by atoms with Crippen molar-refractivity contribution in [2.24, 2.45) is 0 Å². The van der Waals surface area contributed by atoms with Crippen molar-refractivity contribution in [2.45, 2.75) is 31.4 Å². The van der Waals surface area contributed by atoms with E-state index in [0.717, 1.165) is 19.3 Å². The largest absolute Gasteiger partial charge is 0.356 e. The van der Waals surface area contributed by atoms with Crippen molar-refractivity contribution >= 4 is 11.8 Å². The van der Waals surface area contributed by atoms with Gasteiger partial charge in [-0.05, 0) is 37.0 Å². The van der Waals surface area contributed by atoms with E-state index in [-0.39, 0.29) is 18.4 Å². The van der Waals surface area contributed by atoms with Crippen LogP contribution in [0.3, 0.4) is 0 Å². The van der Waals surface area contributed by atoms with Gasteiger partial charge < -0.3 is 14.5 Å². The Morgan fingerprint density at radius 1 is 1.26 bits per heavy atom. The number of nitrogens with zero attached hydrogens (tertiary/aromatic N) is 2. The Balaban J connectivity index is 1.89. The van der Waals surface area contributed by atoms with Crippen molar-refractivity contribution in [3.8, 4) is 0 Å². The van der Waals surface area contributed by atoms with Gasteiger partial charge in [-0.25, -0.2) is 4.39 Å². The Kier molecular flexibility index (Phi) is 4.61. The smallest absolute Gasteiger partial charge is 0.254 e. The minimum Gasteiger partial charge on any atom is -0.356 e. The third-order valence-corrected chi connectivity index (χ3v) is 4.59. The molecule has 0 unspecified atom stereocenters. The van der Waals surface area contributed by atoms with Gasteiger partial charge in [-0.15, -0.1) is 0 Å². The lowest BCUT2D eigenvalue weighted by atomic mass is 9.96. The van der Waals surface area contributed by atoms with E-state index in [1.54, 1.807) is 24.1 Å². The van der Waals surface area contributed by atoms with Gasteiger partial charge in [0, 0.05) is 20.1 Å². The Labute approximate surface area is 135 Å². The Hall–Kier alpha value is -1.95. The van der Waals surface area contributed by atoms with E-state index < -0.39 is 18.0 Å². The molecule has 2 aliphatic rings. The van der Waals surface area contributed by atoms with E-state index in [1.807, 2.05) is 0 Å². The van der Waals surface area contributed by atoms with Crippen molar-refractivity contribution in [3.63, 3.8) is 0 Å². The van der Waals surface area contributed by atoms with Gasteiger partial charge in [-0.1, -0.05) is 12.1 Å². The minimum atomic E-state index is -0.780. The summed E-state index contributed by atoms with van der Waals surface area (Å²) < 4.78 is 19.2. The second-order valence-corrected chi connectivity index (χ2v) is 6.12. The predicted molar refractivity (Wildman–Crippen MR) is 82.1 cm³/mol. The summed E-state index contributed by atoms with van der Waals surface area (Å²) in [5.74, 6) is -0.710. The van der Waals surface area contributed by atoms with Gasteiger partial charge in [-0.2, -0.15) is 0 Å². The van der Waals surface area contributed by atoms with E-state index >= 15 is 0 Å². The van der Waals surface area contributed by atoms with Crippen molar-refractivity contribution in [1.82, 2.24) is 9.80 Å². The molecular weight excluding hydrogens is 299 g/mol. The van der Waals surface area contributed by atoms with Gasteiger partial charge in [0.25, 0.3) is 5.91 Å². The number of ether oxygens (including phenoxy) is 1. The lowest BCUT2D eigenvalue weighted by Crippen LogP contribution is -2.54. The van der Waals surface area contributed by atoms with E-state index in [9.17, 15) is 14.0 Å². The number of halogens is 1. The maximum Gasteiger partial charge on any atom is 0.254 e. The van der Waals surface area contributed by atoms with Crippen LogP contribution < -0.4 is 0 Å². The second-order valence-electron chi connectivity index (χ2n) is 6.12. The highest BCUT2D eigenvalue weighted by atomic mass is 19.1. The van der Waals surface area contributed by atoms with Crippen LogP contribution in [0.5, 0.6) is 0 Å². The lowest BCUT2D eigenvalue weighted by molar-refractivity contribution is -0.168. The molecule has 5 nitrogen and oxygen atoms in total. The third kappa shape index (κ3) is 3.22. The van der Waals surface area contributed by atoms with E-state index in [2.05, 4.69) is 0 Å². The summed E-state index contributed by atoms with van der Waals surface area (Å²) in [6.45, 7) is 1.31. The van der Waals surface area contributed by atoms with Crippen LogP contribution in [0.1, 0.15) is 30.9 Å². The molecule has 2 heterocycles. The van der Waals surface area contributed by atoms with Crippen LogP contribution >= 0.6 is 0 Å². The summed E-state index contributed by atoms with van der Waals surface area (Å²) >= 11 is 0. The number of rotatable bonds is 2. The van der Waals surface area contributed by atoms with Crippen LogP contribution in [0.4, 0.5) is 4.39 Å². The quantitative estimate of drug-likeness (QED) is 0.834. The molecule has 1 aromatic carbocycles. The normalized spacial score (nSPS) is 25.6. The van der Waals surface area contributed by atoms with Crippen molar-refractivity contribution in [3.05, 3.63) is 35.6 Å². The number of likely N-dealkylation sites (N-methyl/N-ethyl adjacent to an activating group) is 1. The summed E-state index contributed by atoms with van der Waals surface area (Å²) in [4.78, 5) is 28.1. The average Bonchev–Trinajstić information content (AvgIpc) is 2.57. The molecule has 0 aromatic heterocycles. The number of hydrogen-bond acceptors (Lipinski definition) is 3. The van der Waals surface area contributed by atoms with E-state index in [1.165, 1.54) is 17.0 Å². The average molecular weight is 320 g/mol. The molecule has 0 N–H and O–H groups in total. The zero-order valence-electron chi connectivity index (χ0n) is 13.2. The highest BCUT2D eigenvalue weighted by Crippen LogP contribution is 2.31. The highest BCUT2D eigenvalue weighted by molar-refractivity contribution is 5.86. The molecule has 23 heavy (non-hydrogen) atoms. The predicted octanol–water partition coefficient (Wildman–Crippen LogP) is 1.74. The maximum absolute atomic E-state index is 13.6. The summed E-state index contributed by atoms with van der Waals surface area (Å²) in [6, 6.07) is 5.42. The summed E-state index contributed by atoms with van der Waals surface area (Å²) in [7, 11) is 1.64. The number of benzene rings is 1. The summed E-state index contributed by atoms with van der Waals surface area (Å²) in [6.07, 6.45) is 2.31.